The molecule has 0 bridgehead atoms. The minimum absolute atomic E-state index is 0.0207. The number of benzene rings is 1. The molecule has 1 aliphatic rings. The van der Waals surface area contributed by atoms with Gasteiger partial charge in [-0.3, -0.25) is 9.78 Å². The molecule has 1 aliphatic heterocycles. The van der Waals surface area contributed by atoms with Crippen molar-refractivity contribution in [1.82, 2.24) is 19.9 Å². The summed E-state index contributed by atoms with van der Waals surface area (Å²) in [5.74, 6) is 1.23. The Bertz CT molecular complexity index is 910. The number of carbonyl (C=O) groups is 1. The fraction of sp³-hybridized carbons (Fsp3) is 0.316. The topological polar surface area (TPSA) is 80.3 Å². The molecule has 3 aromatic rings. The molecule has 1 amide bonds. The third-order valence-corrected chi connectivity index (χ3v) is 4.55. The molecular formula is C19H20N4O3. The van der Waals surface area contributed by atoms with E-state index >= 15 is 0 Å². The first-order valence-corrected chi connectivity index (χ1v) is 8.61. The van der Waals surface area contributed by atoms with Crippen LogP contribution in [0.4, 0.5) is 0 Å². The van der Waals surface area contributed by atoms with E-state index < -0.39 is 0 Å². The Labute approximate surface area is 151 Å². The van der Waals surface area contributed by atoms with Gasteiger partial charge in [0, 0.05) is 35.9 Å². The number of amides is 1. The van der Waals surface area contributed by atoms with Crippen LogP contribution in [-0.2, 0) is 0 Å². The molecule has 1 atom stereocenters. The Morgan fingerprint density at radius 2 is 2.23 bits per heavy atom. The number of nitrogens with one attached hydrogen (secondary N) is 1. The molecule has 1 saturated heterocycles. The van der Waals surface area contributed by atoms with Crippen molar-refractivity contribution in [2.45, 2.75) is 18.9 Å². The van der Waals surface area contributed by atoms with E-state index in [-0.39, 0.29) is 12.0 Å². The number of aromatic amines is 1. The number of piperidine rings is 1. The molecule has 134 valence electrons. The van der Waals surface area contributed by atoms with Gasteiger partial charge >= 0.3 is 0 Å². The summed E-state index contributed by atoms with van der Waals surface area (Å²) in [6, 6.07) is 7.60. The zero-order chi connectivity index (χ0) is 17.9. The fourth-order valence-electron chi connectivity index (χ4n) is 3.25. The summed E-state index contributed by atoms with van der Waals surface area (Å²) >= 11 is 0. The Balaban J connectivity index is 1.48. The van der Waals surface area contributed by atoms with Gasteiger partial charge in [0.15, 0.2) is 0 Å². The van der Waals surface area contributed by atoms with E-state index in [1.807, 2.05) is 29.2 Å². The molecule has 2 aromatic heterocycles. The van der Waals surface area contributed by atoms with Gasteiger partial charge < -0.3 is 19.4 Å². The van der Waals surface area contributed by atoms with E-state index in [0.717, 1.165) is 36.0 Å². The summed E-state index contributed by atoms with van der Waals surface area (Å²) in [5, 5.41) is 0.985. The van der Waals surface area contributed by atoms with Crippen LogP contribution in [0.5, 0.6) is 11.6 Å². The fourth-order valence-corrected chi connectivity index (χ4v) is 3.25. The molecule has 1 fully saturated rings. The van der Waals surface area contributed by atoms with Gasteiger partial charge in [0.05, 0.1) is 19.9 Å². The van der Waals surface area contributed by atoms with Crippen LogP contribution in [0.25, 0.3) is 10.9 Å². The number of ether oxygens (including phenoxy) is 2. The van der Waals surface area contributed by atoms with Crippen LogP contribution in [0.1, 0.15) is 23.3 Å². The van der Waals surface area contributed by atoms with Crippen LogP contribution < -0.4 is 9.47 Å². The van der Waals surface area contributed by atoms with Crippen LogP contribution in [0, 0.1) is 0 Å². The number of hydrogen-bond acceptors (Lipinski definition) is 5. The Hall–Kier alpha value is -3.09. The van der Waals surface area contributed by atoms with Crippen molar-refractivity contribution in [3.63, 3.8) is 0 Å². The molecule has 0 aliphatic carbocycles. The number of nitrogens with zero attached hydrogens (tertiary/aromatic N) is 3. The number of likely N-dealkylation sites (tertiary alicyclic amines) is 1. The van der Waals surface area contributed by atoms with E-state index in [1.165, 1.54) is 0 Å². The van der Waals surface area contributed by atoms with E-state index in [2.05, 4.69) is 15.0 Å². The third-order valence-electron chi connectivity index (χ3n) is 4.55. The molecule has 3 heterocycles. The van der Waals surface area contributed by atoms with E-state index in [1.54, 1.807) is 25.7 Å². The van der Waals surface area contributed by atoms with Crippen molar-refractivity contribution in [3.8, 4) is 11.6 Å². The highest BCUT2D eigenvalue weighted by atomic mass is 16.5. The van der Waals surface area contributed by atoms with Crippen molar-refractivity contribution in [1.29, 1.82) is 0 Å². The maximum atomic E-state index is 12.9. The summed E-state index contributed by atoms with van der Waals surface area (Å²) in [6.07, 6.45) is 6.50. The van der Waals surface area contributed by atoms with Gasteiger partial charge in [-0.1, -0.05) is 0 Å². The third kappa shape index (κ3) is 3.33. The van der Waals surface area contributed by atoms with E-state index in [9.17, 15) is 4.79 Å². The molecule has 7 heteroatoms. The Kier molecular flexibility index (Phi) is 4.43. The lowest BCUT2D eigenvalue weighted by Gasteiger charge is -2.32. The number of carbonyl (C=O) groups excluding carboxylic acids is 1. The molecule has 1 aromatic carbocycles. The molecule has 26 heavy (non-hydrogen) atoms. The normalized spacial score (nSPS) is 17.3. The van der Waals surface area contributed by atoms with Gasteiger partial charge in [0.2, 0.25) is 5.88 Å². The Morgan fingerprint density at radius 3 is 3.04 bits per heavy atom. The highest BCUT2D eigenvalue weighted by Crippen LogP contribution is 2.23. The second kappa shape index (κ2) is 7.03. The highest BCUT2D eigenvalue weighted by Gasteiger charge is 2.27. The summed E-state index contributed by atoms with van der Waals surface area (Å²) in [6.45, 7) is 1.26. The SMILES string of the molecule is COc1ccc2cc(C(=O)N3CCC[C@@H](Oc4cnccn4)C3)[nH]c2c1. The first-order chi connectivity index (χ1) is 12.7. The van der Waals surface area contributed by atoms with Crippen molar-refractivity contribution in [2.24, 2.45) is 0 Å². The number of hydrogen-bond donors (Lipinski definition) is 1. The van der Waals surface area contributed by atoms with Crippen molar-refractivity contribution < 1.29 is 14.3 Å². The molecule has 0 radical (unpaired) electrons. The zero-order valence-electron chi connectivity index (χ0n) is 14.5. The Morgan fingerprint density at radius 1 is 1.31 bits per heavy atom. The van der Waals surface area contributed by atoms with Crippen LogP contribution in [0.3, 0.4) is 0 Å². The summed E-state index contributed by atoms with van der Waals surface area (Å²) in [7, 11) is 1.63. The molecular weight excluding hydrogens is 332 g/mol. The highest BCUT2D eigenvalue weighted by molar-refractivity contribution is 5.98. The number of aromatic nitrogens is 3. The molecule has 7 nitrogen and oxygen atoms in total. The molecule has 0 spiro atoms. The first kappa shape index (κ1) is 16.4. The zero-order valence-corrected chi connectivity index (χ0v) is 14.5. The number of rotatable bonds is 4. The van der Waals surface area contributed by atoms with Crippen LogP contribution in [0.2, 0.25) is 0 Å². The van der Waals surface area contributed by atoms with Crippen molar-refractivity contribution >= 4 is 16.8 Å². The largest absolute Gasteiger partial charge is 0.497 e. The van der Waals surface area contributed by atoms with Gasteiger partial charge in [-0.2, -0.15) is 0 Å². The van der Waals surface area contributed by atoms with E-state index in [4.69, 9.17) is 9.47 Å². The van der Waals surface area contributed by atoms with Gasteiger partial charge in [-0.25, -0.2) is 4.98 Å². The predicted octanol–water partition coefficient (Wildman–Crippen LogP) is 2.65. The first-order valence-electron chi connectivity index (χ1n) is 8.61. The van der Waals surface area contributed by atoms with Gasteiger partial charge in [0.25, 0.3) is 5.91 Å². The minimum atomic E-state index is -0.0751. The molecule has 0 unspecified atom stereocenters. The van der Waals surface area contributed by atoms with Crippen LogP contribution in [-0.4, -0.2) is 52.1 Å². The average Bonchev–Trinajstić information content (AvgIpc) is 3.11. The summed E-state index contributed by atoms with van der Waals surface area (Å²) < 4.78 is 11.1. The van der Waals surface area contributed by atoms with Crippen molar-refractivity contribution in [2.75, 3.05) is 20.2 Å². The van der Waals surface area contributed by atoms with E-state index in [0.29, 0.717) is 18.1 Å². The summed E-state index contributed by atoms with van der Waals surface area (Å²) in [5.41, 5.74) is 1.46. The van der Waals surface area contributed by atoms with Gasteiger partial charge in [0.1, 0.15) is 17.5 Å². The quantitative estimate of drug-likeness (QED) is 0.781. The van der Waals surface area contributed by atoms with Crippen molar-refractivity contribution in [3.05, 3.63) is 48.5 Å². The van der Waals surface area contributed by atoms with Crippen LogP contribution >= 0.6 is 0 Å². The maximum Gasteiger partial charge on any atom is 0.270 e. The molecule has 4 rings (SSSR count). The molecule has 0 saturated carbocycles. The number of H-pyrrole nitrogens is 1. The lowest BCUT2D eigenvalue weighted by Crippen LogP contribution is -2.44. The van der Waals surface area contributed by atoms with Gasteiger partial charge in [-0.15, -0.1) is 0 Å². The standard InChI is InChI=1S/C19H20N4O3/c1-25-14-5-4-13-9-17(22-16(13)10-14)19(24)23-8-2-3-15(12-23)26-18-11-20-6-7-21-18/h4-7,9-11,15,22H,2-3,8,12H2,1H3/t15-/m1/s1. The lowest BCUT2D eigenvalue weighted by molar-refractivity contribution is 0.0522. The average molecular weight is 352 g/mol. The second-order valence-electron chi connectivity index (χ2n) is 6.31. The smallest absolute Gasteiger partial charge is 0.270 e. The van der Waals surface area contributed by atoms with Gasteiger partial charge in [-0.05, 0) is 31.0 Å². The lowest BCUT2D eigenvalue weighted by atomic mass is 10.1. The second-order valence-corrected chi connectivity index (χ2v) is 6.31. The number of fused-ring (bicyclic) bond motifs is 1. The summed E-state index contributed by atoms with van der Waals surface area (Å²) in [4.78, 5) is 26.1. The number of methoxy groups -OCH3 is 1. The predicted molar refractivity (Wildman–Crippen MR) is 96.4 cm³/mol. The maximum absolute atomic E-state index is 12.9. The molecule has 1 N–H and O–H groups in total. The van der Waals surface area contributed by atoms with Crippen LogP contribution in [0.15, 0.2) is 42.9 Å². The minimum Gasteiger partial charge on any atom is -0.497 e. The monoisotopic (exact) mass is 352 g/mol.